The van der Waals surface area contributed by atoms with E-state index in [1.165, 1.54) is 11.8 Å². The van der Waals surface area contributed by atoms with E-state index in [0.29, 0.717) is 18.7 Å². The Bertz CT molecular complexity index is 1690. The Morgan fingerprint density at radius 3 is 2.48 bits per heavy atom. The number of benzene rings is 1. The zero-order chi connectivity index (χ0) is 29.1. The minimum absolute atomic E-state index is 0.0295. The van der Waals surface area contributed by atoms with E-state index < -0.39 is 5.97 Å². The zero-order valence-corrected chi connectivity index (χ0v) is 24.0. The summed E-state index contributed by atoms with van der Waals surface area (Å²) in [7, 11) is 0. The summed E-state index contributed by atoms with van der Waals surface area (Å²) >= 11 is 0. The summed E-state index contributed by atoms with van der Waals surface area (Å²) < 4.78 is 1.77. The molecule has 3 aromatic heterocycles. The molecular formula is C32H35N7O3. The molecule has 7 rings (SSSR count). The molecule has 3 saturated heterocycles. The molecule has 6 heterocycles. The van der Waals surface area contributed by atoms with Gasteiger partial charge in [-0.05, 0) is 49.4 Å². The average molecular weight is 566 g/mol. The van der Waals surface area contributed by atoms with Gasteiger partial charge in [0, 0.05) is 56.3 Å². The SMILES string of the molecule is Cc1cc(N2CC[C@](C)(c3ccccc3)C2)cn2nc(C(=O)N3CCC4(CCN(c5cncc(C(=O)O)c5)C4)C3)nc12. The Labute approximate surface area is 244 Å². The van der Waals surface area contributed by atoms with Gasteiger partial charge in [0.2, 0.25) is 5.82 Å². The summed E-state index contributed by atoms with van der Waals surface area (Å²) in [6.07, 6.45) is 7.99. The van der Waals surface area contributed by atoms with Crippen LogP contribution in [0.25, 0.3) is 5.65 Å². The number of hydrogen-bond donors (Lipinski definition) is 1. The fourth-order valence-electron chi connectivity index (χ4n) is 7.11. The highest BCUT2D eigenvalue weighted by molar-refractivity contribution is 5.91. The normalized spacial score (nSPS) is 23.9. The van der Waals surface area contributed by atoms with Crippen molar-refractivity contribution in [2.45, 2.75) is 38.5 Å². The highest BCUT2D eigenvalue weighted by Gasteiger charge is 2.45. The predicted molar refractivity (Wildman–Crippen MR) is 159 cm³/mol. The van der Waals surface area contributed by atoms with E-state index in [9.17, 15) is 14.7 Å². The highest BCUT2D eigenvalue weighted by Crippen LogP contribution is 2.41. The monoisotopic (exact) mass is 565 g/mol. The van der Waals surface area contributed by atoms with Gasteiger partial charge in [0.1, 0.15) is 0 Å². The fraction of sp³-hybridized carbons (Fsp3) is 0.406. The summed E-state index contributed by atoms with van der Waals surface area (Å²) in [5.74, 6) is -0.886. The molecule has 42 heavy (non-hydrogen) atoms. The molecule has 1 amide bonds. The molecule has 1 N–H and O–H groups in total. The van der Waals surface area contributed by atoms with Crippen molar-refractivity contribution in [2.75, 3.05) is 49.1 Å². The van der Waals surface area contributed by atoms with Crippen LogP contribution in [-0.4, -0.2) is 80.7 Å². The van der Waals surface area contributed by atoms with E-state index in [4.69, 9.17) is 0 Å². The van der Waals surface area contributed by atoms with Crippen LogP contribution < -0.4 is 9.80 Å². The van der Waals surface area contributed by atoms with Crippen molar-refractivity contribution in [2.24, 2.45) is 5.41 Å². The van der Waals surface area contributed by atoms with Gasteiger partial charge in [-0.15, -0.1) is 5.10 Å². The smallest absolute Gasteiger partial charge is 0.337 e. The quantitative estimate of drug-likeness (QED) is 0.387. The number of likely N-dealkylation sites (tertiary alicyclic amines) is 1. The van der Waals surface area contributed by atoms with Crippen LogP contribution >= 0.6 is 0 Å². The maximum absolute atomic E-state index is 13.6. The molecule has 10 heteroatoms. The van der Waals surface area contributed by atoms with Gasteiger partial charge in [0.15, 0.2) is 5.65 Å². The average Bonchev–Trinajstić information content (AvgIpc) is 3.80. The molecule has 1 unspecified atom stereocenters. The topological polar surface area (TPSA) is 107 Å². The number of amides is 1. The number of carboxylic acid groups (broad SMARTS) is 1. The first-order valence-electron chi connectivity index (χ1n) is 14.6. The molecule has 0 radical (unpaired) electrons. The predicted octanol–water partition coefficient (Wildman–Crippen LogP) is 4.04. The maximum atomic E-state index is 13.6. The van der Waals surface area contributed by atoms with Crippen molar-refractivity contribution in [3.05, 3.63) is 83.6 Å². The third-order valence-electron chi connectivity index (χ3n) is 9.60. The minimum atomic E-state index is -0.982. The van der Waals surface area contributed by atoms with Crippen molar-refractivity contribution in [1.82, 2.24) is 24.5 Å². The van der Waals surface area contributed by atoms with Crippen molar-refractivity contribution in [3.63, 3.8) is 0 Å². The lowest BCUT2D eigenvalue weighted by Gasteiger charge is -2.26. The van der Waals surface area contributed by atoms with Gasteiger partial charge >= 0.3 is 5.97 Å². The standard InChI is InChI=1S/C32H35N7O3/c1-22-14-26(36-11-8-31(2,19-36)24-6-4-3-5-7-24)18-39-28(22)34-27(35-39)29(40)38-13-10-32(21-38)9-12-37(20-32)25-15-23(30(41)42)16-33-17-25/h3-7,14-18H,8-13,19-21H2,1-2H3,(H,41,42)/t31-,32?/m0/s1. The lowest BCUT2D eigenvalue weighted by molar-refractivity contribution is 0.0695. The van der Waals surface area contributed by atoms with Crippen molar-refractivity contribution in [1.29, 1.82) is 0 Å². The molecule has 1 aromatic carbocycles. The first-order valence-corrected chi connectivity index (χ1v) is 14.6. The maximum Gasteiger partial charge on any atom is 0.337 e. The van der Waals surface area contributed by atoms with Gasteiger partial charge in [0.25, 0.3) is 5.91 Å². The van der Waals surface area contributed by atoms with E-state index in [1.54, 1.807) is 16.8 Å². The molecule has 3 aliphatic heterocycles. The number of pyridine rings is 2. The zero-order valence-electron chi connectivity index (χ0n) is 24.0. The molecule has 0 saturated carbocycles. The number of hydrogen-bond acceptors (Lipinski definition) is 7. The van der Waals surface area contributed by atoms with Crippen molar-refractivity contribution < 1.29 is 14.7 Å². The molecule has 3 fully saturated rings. The number of aromatic carboxylic acids is 1. The van der Waals surface area contributed by atoms with Gasteiger partial charge in [-0.1, -0.05) is 37.3 Å². The summed E-state index contributed by atoms with van der Waals surface area (Å²) in [5, 5.41) is 14.0. The summed E-state index contributed by atoms with van der Waals surface area (Å²) in [6.45, 7) is 9.11. The molecule has 10 nitrogen and oxygen atoms in total. The highest BCUT2D eigenvalue weighted by atomic mass is 16.4. The van der Waals surface area contributed by atoms with E-state index >= 15 is 0 Å². The van der Waals surface area contributed by atoms with Crippen LogP contribution in [0.4, 0.5) is 11.4 Å². The summed E-state index contributed by atoms with van der Waals surface area (Å²) in [6, 6.07) is 14.5. The Morgan fingerprint density at radius 1 is 0.905 bits per heavy atom. The van der Waals surface area contributed by atoms with E-state index in [-0.39, 0.29) is 28.1 Å². The van der Waals surface area contributed by atoms with Gasteiger partial charge < -0.3 is 19.8 Å². The molecular weight excluding hydrogens is 530 g/mol. The first-order chi connectivity index (χ1) is 20.2. The Balaban J connectivity index is 1.06. The van der Waals surface area contributed by atoms with Crippen molar-refractivity contribution in [3.8, 4) is 0 Å². The summed E-state index contributed by atoms with van der Waals surface area (Å²) in [5.41, 5.74) is 5.21. The number of carboxylic acids is 1. The van der Waals surface area contributed by atoms with Crippen LogP contribution in [-0.2, 0) is 5.41 Å². The molecule has 0 bridgehead atoms. The van der Waals surface area contributed by atoms with Crippen LogP contribution in [0.2, 0.25) is 0 Å². The van der Waals surface area contributed by atoms with E-state index in [2.05, 4.69) is 68.2 Å². The third kappa shape index (κ3) is 4.55. The number of anilines is 2. The van der Waals surface area contributed by atoms with Gasteiger partial charge in [0.05, 0.1) is 29.3 Å². The number of fused-ring (bicyclic) bond motifs is 1. The number of aryl methyl sites for hydroxylation is 1. The van der Waals surface area contributed by atoms with E-state index in [0.717, 1.165) is 62.4 Å². The summed E-state index contributed by atoms with van der Waals surface area (Å²) in [4.78, 5) is 40.3. The third-order valence-corrected chi connectivity index (χ3v) is 9.60. The number of rotatable bonds is 5. The molecule has 4 aromatic rings. The van der Waals surface area contributed by atoms with Crippen LogP contribution in [0.1, 0.15) is 58.3 Å². The lowest BCUT2D eigenvalue weighted by atomic mass is 9.82. The fourth-order valence-corrected chi connectivity index (χ4v) is 7.11. The molecule has 2 atom stereocenters. The van der Waals surface area contributed by atoms with Gasteiger partial charge in [-0.25, -0.2) is 14.3 Å². The van der Waals surface area contributed by atoms with Crippen LogP contribution in [0.3, 0.4) is 0 Å². The first kappa shape index (κ1) is 26.4. The Kier molecular flexibility index (Phi) is 6.18. The van der Waals surface area contributed by atoms with E-state index in [1.807, 2.05) is 18.0 Å². The number of carbonyl (C=O) groups excluding carboxylic acids is 1. The number of nitrogens with zero attached hydrogens (tertiary/aromatic N) is 7. The molecule has 0 aliphatic carbocycles. The molecule has 1 spiro atoms. The largest absolute Gasteiger partial charge is 0.478 e. The second-order valence-electron chi connectivity index (χ2n) is 12.6. The van der Waals surface area contributed by atoms with Gasteiger partial charge in [-0.3, -0.25) is 9.78 Å². The molecule has 216 valence electrons. The minimum Gasteiger partial charge on any atom is -0.478 e. The Hall–Kier alpha value is -4.47. The second kappa shape index (κ2) is 9.82. The number of carbonyl (C=O) groups is 2. The number of aromatic nitrogens is 4. The Morgan fingerprint density at radius 2 is 1.67 bits per heavy atom. The van der Waals surface area contributed by atoms with Crippen LogP contribution in [0, 0.1) is 12.3 Å². The molecule has 3 aliphatic rings. The van der Waals surface area contributed by atoms with Crippen molar-refractivity contribution >= 4 is 28.9 Å². The van der Waals surface area contributed by atoms with Crippen LogP contribution in [0.5, 0.6) is 0 Å². The second-order valence-corrected chi connectivity index (χ2v) is 12.6. The lowest BCUT2D eigenvalue weighted by Crippen LogP contribution is -2.34. The van der Waals surface area contributed by atoms with Crippen LogP contribution in [0.15, 0.2) is 61.1 Å². The van der Waals surface area contributed by atoms with Gasteiger partial charge in [-0.2, -0.15) is 0 Å².